The van der Waals surface area contributed by atoms with E-state index in [-0.39, 0.29) is 0 Å². The van der Waals surface area contributed by atoms with Gasteiger partial charge in [-0.1, -0.05) is 13.3 Å². The topological polar surface area (TPSA) is 74.6 Å². The monoisotopic (exact) mass is 240 g/mol. The zero-order chi connectivity index (χ0) is 12.6. The van der Waals surface area contributed by atoms with E-state index in [0.29, 0.717) is 31.1 Å². The third-order valence-electron chi connectivity index (χ3n) is 4.51. The fraction of sp³-hybridized carbons (Fsp3) is 0.846. The van der Waals surface area contributed by atoms with Crippen LogP contribution in [-0.4, -0.2) is 28.1 Å². The van der Waals surface area contributed by atoms with Crippen molar-refractivity contribution in [3.8, 4) is 0 Å². The molecule has 4 unspecified atom stereocenters. The summed E-state index contributed by atoms with van der Waals surface area (Å²) in [6, 6.07) is 0. The van der Waals surface area contributed by atoms with Crippen LogP contribution in [-0.2, 0) is 9.59 Å². The van der Waals surface area contributed by atoms with Crippen molar-refractivity contribution in [2.75, 3.05) is 0 Å². The number of rotatable bonds is 3. The first-order valence-electron chi connectivity index (χ1n) is 6.42. The van der Waals surface area contributed by atoms with Gasteiger partial charge in [-0.15, -0.1) is 0 Å². The van der Waals surface area contributed by atoms with Crippen LogP contribution in [0.4, 0.5) is 0 Å². The van der Waals surface area contributed by atoms with Crippen LogP contribution in [0.2, 0.25) is 0 Å². The van der Waals surface area contributed by atoms with Crippen LogP contribution in [0.5, 0.6) is 0 Å². The third-order valence-corrected chi connectivity index (χ3v) is 4.51. The maximum Gasteiger partial charge on any atom is 0.372 e. The minimum Gasteiger partial charge on any atom is -0.475 e. The Labute approximate surface area is 101 Å². The van der Waals surface area contributed by atoms with Gasteiger partial charge in [0.15, 0.2) is 0 Å². The molecule has 0 aromatic heterocycles. The molecule has 2 aliphatic carbocycles. The number of fused-ring (bicyclic) bond motifs is 2. The Balaban J connectivity index is 2.27. The maximum atomic E-state index is 11.9. The van der Waals surface area contributed by atoms with E-state index in [9.17, 15) is 14.7 Å². The predicted octanol–water partition coefficient (Wildman–Crippen LogP) is 1.61. The molecule has 0 amide bonds. The number of aliphatic hydroxyl groups excluding tert-OH is 1. The highest BCUT2D eigenvalue weighted by molar-refractivity contribution is 6.34. The molecule has 2 saturated carbocycles. The number of carboxylic acid groups (broad SMARTS) is 1. The lowest BCUT2D eigenvalue weighted by Crippen LogP contribution is -2.49. The summed E-state index contributed by atoms with van der Waals surface area (Å²) in [5.74, 6) is -1.26. The minimum atomic E-state index is -1.34. The number of hydrogen-bond acceptors (Lipinski definition) is 3. The summed E-state index contributed by atoms with van der Waals surface area (Å²) < 4.78 is 0. The SMILES string of the molecule is CCC1CC2CC(O)CC(C(=O)C(=O)O)(C1)C2. The van der Waals surface area contributed by atoms with E-state index in [4.69, 9.17) is 5.11 Å². The molecule has 2 bridgehead atoms. The number of ketones is 1. The quantitative estimate of drug-likeness (QED) is 0.735. The van der Waals surface area contributed by atoms with Crippen molar-refractivity contribution in [2.24, 2.45) is 17.3 Å². The van der Waals surface area contributed by atoms with Crippen LogP contribution in [0.25, 0.3) is 0 Å². The average molecular weight is 240 g/mol. The molecule has 4 heteroatoms. The summed E-state index contributed by atoms with van der Waals surface area (Å²) in [7, 11) is 0. The van der Waals surface area contributed by atoms with Gasteiger partial charge in [0.05, 0.1) is 6.10 Å². The van der Waals surface area contributed by atoms with Gasteiger partial charge in [0, 0.05) is 5.41 Å². The van der Waals surface area contributed by atoms with Crippen molar-refractivity contribution in [1.82, 2.24) is 0 Å². The summed E-state index contributed by atoms with van der Waals surface area (Å²) in [4.78, 5) is 22.9. The molecule has 0 aliphatic heterocycles. The van der Waals surface area contributed by atoms with E-state index >= 15 is 0 Å². The lowest BCUT2D eigenvalue weighted by molar-refractivity contribution is -0.160. The lowest BCUT2D eigenvalue weighted by Gasteiger charge is -2.48. The standard InChI is InChI=1S/C13H20O4/c1-2-8-3-9-4-10(14)7-13(5-8,6-9)11(15)12(16)17/h8-10,14H,2-7H2,1H3,(H,16,17). The van der Waals surface area contributed by atoms with Crippen LogP contribution in [0.3, 0.4) is 0 Å². The van der Waals surface area contributed by atoms with Crippen LogP contribution >= 0.6 is 0 Å². The molecule has 17 heavy (non-hydrogen) atoms. The zero-order valence-electron chi connectivity index (χ0n) is 10.2. The number of hydrogen-bond donors (Lipinski definition) is 2. The summed E-state index contributed by atoms with van der Waals surface area (Å²) in [5, 5.41) is 18.8. The summed E-state index contributed by atoms with van der Waals surface area (Å²) >= 11 is 0. The van der Waals surface area contributed by atoms with Crippen molar-refractivity contribution < 1.29 is 19.8 Å². The summed E-state index contributed by atoms with van der Waals surface area (Å²) in [6.07, 6.45) is 3.88. The molecule has 0 aromatic carbocycles. The van der Waals surface area contributed by atoms with Gasteiger partial charge in [-0.3, -0.25) is 4.79 Å². The molecule has 2 fully saturated rings. The molecule has 2 N–H and O–H groups in total. The van der Waals surface area contributed by atoms with Crippen molar-refractivity contribution in [2.45, 2.75) is 51.6 Å². The first-order chi connectivity index (χ1) is 7.97. The Hall–Kier alpha value is -0.900. The van der Waals surface area contributed by atoms with Crippen LogP contribution in [0.15, 0.2) is 0 Å². The van der Waals surface area contributed by atoms with Gasteiger partial charge in [-0.25, -0.2) is 4.79 Å². The van der Waals surface area contributed by atoms with Gasteiger partial charge in [-0.2, -0.15) is 0 Å². The van der Waals surface area contributed by atoms with E-state index in [1.54, 1.807) is 0 Å². The molecular formula is C13H20O4. The third kappa shape index (κ3) is 2.23. The number of aliphatic carboxylic acids is 1. The van der Waals surface area contributed by atoms with Gasteiger partial charge in [0.25, 0.3) is 0 Å². The highest BCUT2D eigenvalue weighted by Gasteiger charge is 2.51. The average Bonchev–Trinajstić information content (AvgIpc) is 2.26. The largest absolute Gasteiger partial charge is 0.475 e. The minimum absolute atomic E-state index is 0.320. The van der Waals surface area contributed by atoms with Crippen molar-refractivity contribution in [1.29, 1.82) is 0 Å². The Kier molecular flexibility index (Phi) is 3.25. The summed E-state index contributed by atoms with van der Waals surface area (Å²) in [5.41, 5.74) is -0.785. The second-order valence-electron chi connectivity index (χ2n) is 5.79. The molecule has 0 aromatic rings. The molecule has 2 rings (SSSR count). The molecular weight excluding hydrogens is 220 g/mol. The Morgan fingerprint density at radius 3 is 2.53 bits per heavy atom. The van der Waals surface area contributed by atoms with Crippen LogP contribution in [0.1, 0.15) is 45.4 Å². The fourth-order valence-corrected chi connectivity index (χ4v) is 3.91. The smallest absolute Gasteiger partial charge is 0.372 e. The Morgan fingerprint density at radius 1 is 1.24 bits per heavy atom. The second-order valence-corrected chi connectivity index (χ2v) is 5.79. The number of Topliss-reactive ketones (excluding diaryl/α,β-unsaturated/α-hetero) is 1. The van der Waals surface area contributed by atoms with Crippen molar-refractivity contribution >= 4 is 11.8 Å². The zero-order valence-corrected chi connectivity index (χ0v) is 10.2. The van der Waals surface area contributed by atoms with E-state index in [2.05, 4.69) is 6.92 Å². The normalized spacial score (nSPS) is 40.9. The van der Waals surface area contributed by atoms with Crippen molar-refractivity contribution in [3.05, 3.63) is 0 Å². The molecule has 2 aliphatic rings. The lowest BCUT2D eigenvalue weighted by atomic mass is 9.56. The molecule has 96 valence electrons. The number of carbonyl (C=O) groups excluding carboxylic acids is 1. The first kappa shape index (κ1) is 12.6. The Morgan fingerprint density at radius 2 is 1.94 bits per heavy atom. The van der Waals surface area contributed by atoms with E-state index in [1.165, 1.54) is 0 Å². The molecule has 0 saturated heterocycles. The first-order valence-corrected chi connectivity index (χ1v) is 6.42. The molecule has 0 spiro atoms. The van der Waals surface area contributed by atoms with E-state index in [1.807, 2.05) is 0 Å². The molecule has 4 atom stereocenters. The van der Waals surface area contributed by atoms with Crippen LogP contribution in [0, 0.1) is 17.3 Å². The maximum absolute atomic E-state index is 11.9. The van der Waals surface area contributed by atoms with E-state index < -0.39 is 23.3 Å². The van der Waals surface area contributed by atoms with E-state index in [0.717, 1.165) is 19.3 Å². The van der Waals surface area contributed by atoms with Gasteiger partial charge in [0.2, 0.25) is 5.78 Å². The Bertz CT molecular complexity index is 334. The number of carbonyl (C=O) groups is 2. The van der Waals surface area contributed by atoms with Gasteiger partial charge in [-0.05, 0) is 43.9 Å². The highest BCUT2D eigenvalue weighted by atomic mass is 16.4. The van der Waals surface area contributed by atoms with Gasteiger partial charge < -0.3 is 10.2 Å². The highest BCUT2D eigenvalue weighted by Crippen LogP contribution is 2.52. The molecule has 0 heterocycles. The summed E-state index contributed by atoms with van der Waals surface area (Å²) in [6.45, 7) is 2.08. The van der Waals surface area contributed by atoms with Crippen LogP contribution < -0.4 is 0 Å². The van der Waals surface area contributed by atoms with Gasteiger partial charge >= 0.3 is 5.97 Å². The van der Waals surface area contributed by atoms with Crippen molar-refractivity contribution in [3.63, 3.8) is 0 Å². The second kappa shape index (κ2) is 4.41. The molecule has 0 radical (unpaired) electrons. The van der Waals surface area contributed by atoms with Gasteiger partial charge in [0.1, 0.15) is 0 Å². The predicted molar refractivity (Wildman–Crippen MR) is 61.4 cm³/mol. The number of carboxylic acids is 1. The fourth-order valence-electron chi connectivity index (χ4n) is 3.91. The number of aliphatic hydroxyl groups is 1. The molecule has 4 nitrogen and oxygen atoms in total.